The third-order valence-corrected chi connectivity index (χ3v) is 5.92. The molecule has 1 saturated heterocycles. The summed E-state index contributed by atoms with van der Waals surface area (Å²) in [6.07, 6.45) is 4.11. The number of hydrogen-bond donors (Lipinski definition) is 2. The molecule has 0 unspecified atom stereocenters. The summed E-state index contributed by atoms with van der Waals surface area (Å²) >= 11 is 0. The maximum Gasteiger partial charge on any atom is 0.325 e. The third kappa shape index (κ3) is 3.57. The van der Waals surface area contributed by atoms with Gasteiger partial charge in [0.25, 0.3) is 5.91 Å². The Kier molecular flexibility index (Phi) is 4.74. The molecule has 0 aromatic heterocycles. The minimum atomic E-state index is -3.37. The van der Waals surface area contributed by atoms with Gasteiger partial charge in [0, 0.05) is 24.9 Å². The lowest BCUT2D eigenvalue weighted by molar-refractivity contribution is -0.131. The van der Waals surface area contributed by atoms with Crippen LogP contribution in [0.2, 0.25) is 0 Å². The number of carbonyl (C=O) groups excluding carboxylic acids is 3. The maximum atomic E-state index is 12.5. The lowest BCUT2D eigenvalue weighted by Gasteiger charge is -2.19. The highest BCUT2D eigenvalue weighted by Gasteiger charge is 2.52. The van der Waals surface area contributed by atoms with E-state index in [-0.39, 0.29) is 23.8 Å². The molecule has 1 aromatic rings. The Balaban J connectivity index is 1.60. The van der Waals surface area contributed by atoms with Crippen LogP contribution in [0, 0.1) is 0 Å². The van der Waals surface area contributed by atoms with Crippen molar-refractivity contribution in [3.05, 3.63) is 24.3 Å². The average molecular weight is 379 g/mol. The highest BCUT2D eigenvalue weighted by atomic mass is 32.2. The smallest absolute Gasteiger partial charge is 0.325 e. The van der Waals surface area contributed by atoms with E-state index < -0.39 is 27.3 Å². The van der Waals surface area contributed by atoms with Crippen molar-refractivity contribution in [1.29, 1.82) is 0 Å². The van der Waals surface area contributed by atoms with Crippen LogP contribution in [0.25, 0.3) is 0 Å². The number of nitrogens with one attached hydrogen (secondary N) is 2. The summed E-state index contributed by atoms with van der Waals surface area (Å²) in [4.78, 5) is 37.9. The van der Waals surface area contributed by atoms with E-state index in [4.69, 9.17) is 0 Å². The molecular weight excluding hydrogens is 358 g/mol. The molecule has 3 rings (SSSR count). The van der Waals surface area contributed by atoms with Gasteiger partial charge >= 0.3 is 6.03 Å². The zero-order chi connectivity index (χ0) is 18.9. The molecule has 8 nitrogen and oxygen atoms in total. The van der Waals surface area contributed by atoms with E-state index in [0.29, 0.717) is 18.5 Å². The maximum absolute atomic E-state index is 12.5. The van der Waals surface area contributed by atoms with Gasteiger partial charge in [-0.2, -0.15) is 0 Å². The zero-order valence-corrected chi connectivity index (χ0v) is 15.3. The number of nitrogens with zero attached hydrogens (tertiary/aromatic N) is 1. The first-order chi connectivity index (χ1) is 12.2. The minimum Gasteiger partial charge on any atom is -0.326 e. The van der Waals surface area contributed by atoms with E-state index in [0.717, 1.165) is 24.0 Å². The highest BCUT2D eigenvalue weighted by Crippen LogP contribution is 2.35. The normalized spacial score (nSPS) is 19.0. The molecule has 1 saturated carbocycles. The molecule has 1 aliphatic heterocycles. The lowest BCUT2D eigenvalue weighted by atomic mass is 9.98. The Labute approximate surface area is 151 Å². The molecule has 1 aromatic carbocycles. The zero-order valence-electron chi connectivity index (χ0n) is 14.4. The SMILES string of the molecule is CS(=O)(=O)c1cccc(NC(=O)CCN2C(=O)NC3(CCCC3)C2=O)c1. The van der Waals surface area contributed by atoms with Crippen LogP contribution < -0.4 is 10.6 Å². The van der Waals surface area contributed by atoms with Crippen LogP contribution >= 0.6 is 0 Å². The number of hydrogen-bond acceptors (Lipinski definition) is 5. The summed E-state index contributed by atoms with van der Waals surface area (Å²) in [6.45, 7) is -0.00990. The number of carbonyl (C=O) groups is 3. The monoisotopic (exact) mass is 379 g/mol. The third-order valence-electron chi connectivity index (χ3n) is 4.81. The van der Waals surface area contributed by atoms with Crippen LogP contribution in [-0.2, 0) is 19.4 Å². The summed E-state index contributed by atoms with van der Waals surface area (Å²) in [5, 5.41) is 5.36. The van der Waals surface area contributed by atoms with Crippen LogP contribution in [0.1, 0.15) is 32.1 Å². The number of anilines is 1. The molecule has 0 bridgehead atoms. The first kappa shape index (κ1) is 18.4. The van der Waals surface area contributed by atoms with E-state index in [1.807, 2.05) is 0 Å². The molecule has 4 amide bonds. The van der Waals surface area contributed by atoms with Gasteiger partial charge < -0.3 is 10.6 Å². The van der Waals surface area contributed by atoms with Gasteiger partial charge in [0.2, 0.25) is 5.91 Å². The average Bonchev–Trinajstić information content (AvgIpc) is 3.12. The van der Waals surface area contributed by atoms with Crippen molar-refractivity contribution >= 4 is 33.4 Å². The fraction of sp³-hybridized carbons (Fsp3) is 0.471. The quantitative estimate of drug-likeness (QED) is 0.749. The van der Waals surface area contributed by atoms with E-state index in [1.165, 1.54) is 18.2 Å². The second-order valence-electron chi connectivity index (χ2n) is 6.77. The van der Waals surface area contributed by atoms with Gasteiger partial charge in [0.15, 0.2) is 9.84 Å². The first-order valence-corrected chi connectivity index (χ1v) is 10.3. The highest BCUT2D eigenvalue weighted by molar-refractivity contribution is 7.90. The topological polar surface area (TPSA) is 113 Å². The van der Waals surface area contributed by atoms with Crippen molar-refractivity contribution in [1.82, 2.24) is 10.2 Å². The molecule has 0 radical (unpaired) electrons. The van der Waals surface area contributed by atoms with E-state index in [9.17, 15) is 22.8 Å². The van der Waals surface area contributed by atoms with Gasteiger partial charge in [-0.05, 0) is 31.0 Å². The number of amides is 4. The number of sulfone groups is 1. The molecule has 0 atom stereocenters. The predicted molar refractivity (Wildman–Crippen MR) is 94.2 cm³/mol. The number of urea groups is 1. The number of imide groups is 1. The molecule has 1 aliphatic carbocycles. The van der Waals surface area contributed by atoms with Crippen LogP contribution in [-0.4, -0.2) is 49.5 Å². The molecule has 2 N–H and O–H groups in total. The van der Waals surface area contributed by atoms with Crippen molar-refractivity contribution in [2.45, 2.75) is 42.5 Å². The predicted octanol–water partition coefficient (Wildman–Crippen LogP) is 1.28. The Hall–Kier alpha value is -2.42. The first-order valence-electron chi connectivity index (χ1n) is 8.45. The summed E-state index contributed by atoms with van der Waals surface area (Å²) in [5.74, 6) is -0.657. The second-order valence-corrected chi connectivity index (χ2v) is 8.79. The molecule has 2 aliphatic rings. The Morgan fingerprint density at radius 1 is 1.27 bits per heavy atom. The van der Waals surface area contributed by atoms with Crippen LogP contribution in [0.15, 0.2) is 29.2 Å². The van der Waals surface area contributed by atoms with Crippen molar-refractivity contribution in [2.75, 3.05) is 18.1 Å². The summed E-state index contributed by atoms with van der Waals surface area (Å²) in [5.41, 5.74) is -0.431. The largest absolute Gasteiger partial charge is 0.326 e. The fourth-order valence-corrected chi connectivity index (χ4v) is 4.10. The molecule has 1 spiro atoms. The van der Waals surface area contributed by atoms with Crippen LogP contribution in [0.5, 0.6) is 0 Å². The summed E-state index contributed by atoms with van der Waals surface area (Å²) in [6, 6.07) is 5.47. The molecular formula is C17H21N3O5S. The van der Waals surface area contributed by atoms with Crippen molar-refractivity contribution in [2.24, 2.45) is 0 Å². The Morgan fingerprint density at radius 2 is 1.96 bits per heavy atom. The van der Waals surface area contributed by atoms with Gasteiger partial charge in [-0.1, -0.05) is 18.9 Å². The van der Waals surface area contributed by atoms with E-state index >= 15 is 0 Å². The molecule has 26 heavy (non-hydrogen) atoms. The molecule has 1 heterocycles. The number of benzene rings is 1. The molecule has 2 fully saturated rings. The van der Waals surface area contributed by atoms with Gasteiger partial charge in [-0.15, -0.1) is 0 Å². The van der Waals surface area contributed by atoms with Gasteiger partial charge in [-0.3, -0.25) is 14.5 Å². The Morgan fingerprint density at radius 3 is 2.62 bits per heavy atom. The standard InChI is InChI=1S/C17H21N3O5S/c1-26(24,25)13-6-4-5-12(11-13)18-14(21)7-10-20-15(22)17(19-16(20)23)8-2-3-9-17/h4-6,11H,2-3,7-10H2,1H3,(H,18,21)(H,19,23). The summed E-state index contributed by atoms with van der Waals surface area (Å²) < 4.78 is 23.1. The van der Waals surface area contributed by atoms with E-state index in [1.54, 1.807) is 6.07 Å². The number of rotatable bonds is 5. The lowest BCUT2D eigenvalue weighted by Crippen LogP contribution is -2.44. The second kappa shape index (κ2) is 6.71. The van der Waals surface area contributed by atoms with Gasteiger partial charge in [0.05, 0.1) is 4.90 Å². The summed E-state index contributed by atoms with van der Waals surface area (Å²) in [7, 11) is -3.37. The minimum absolute atomic E-state index is 0.00990. The van der Waals surface area contributed by atoms with Gasteiger partial charge in [-0.25, -0.2) is 13.2 Å². The van der Waals surface area contributed by atoms with Crippen LogP contribution in [0.4, 0.5) is 10.5 Å². The van der Waals surface area contributed by atoms with Crippen molar-refractivity contribution in [3.8, 4) is 0 Å². The molecule has 9 heteroatoms. The van der Waals surface area contributed by atoms with Crippen molar-refractivity contribution in [3.63, 3.8) is 0 Å². The van der Waals surface area contributed by atoms with Gasteiger partial charge in [0.1, 0.15) is 5.54 Å². The van der Waals surface area contributed by atoms with Crippen molar-refractivity contribution < 1.29 is 22.8 Å². The van der Waals surface area contributed by atoms with Crippen LogP contribution in [0.3, 0.4) is 0 Å². The fourth-order valence-electron chi connectivity index (χ4n) is 3.44. The molecule has 140 valence electrons. The van der Waals surface area contributed by atoms with E-state index in [2.05, 4.69) is 10.6 Å². The Bertz CT molecular complexity index is 859.